The van der Waals surface area contributed by atoms with Crippen molar-refractivity contribution in [3.63, 3.8) is 0 Å². The first-order valence-corrected chi connectivity index (χ1v) is 4.16. The summed E-state index contributed by atoms with van der Waals surface area (Å²) in [6.45, 7) is 2.34. The quantitative estimate of drug-likeness (QED) is 0.466. The van der Waals surface area contributed by atoms with Crippen LogP contribution >= 0.6 is 0 Å². The number of rotatable bonds is 1. The maximum Gasteiger partial charge on any atom is 0.00496 e. The summed E-state index contributed by atoms with van der Waals surface area (Å²) in [7, 11) is 0. The third-order valence-corrected chi connectivity index (χ3v) is 3.54. The van der Waals surface area contributed by atoms with Gasteiger partial charge in [0.15, 0.2) is 0 Å². The van der Waals surface area contributed by atoms with Crippen molar-refractivity contribution in [2.45, 2.75) is 26.2 Å². The van der Waals surface area contributed by atoms with Gasteiger partial charge in [-0.25, -0.2) is 0 Å². The predicted octanol–water partition coefficient (Wildman–Crippen LogP) is 2.36. The minimum atomic E-state index is 1.08. The van der Waals surface area contributed by atoms with Gasteiger partial charge in [-0.15, -0.1) is 0 Å². The van der Waals surface area contributed by atoms with Gasteiger partial charge in [-0.05, 0) is 24.7 Å². The summed E-state index contributed by atoms with van der Waals surface area (Å²) in [6, 6.07) is 0. The largest absolute Gasteiger partial charge is 0.0651 e. The van der Waals surface area contributed by atoms with Crippen molar-refractivity contribution in [3.8, 4) is 0 Å². The third kappa shape index (κ3) is 0.309. The molecule has 0 aromatic carbocycles. The summed E-state index contributed by atoms with van der Waals surface area (Å²) in [5.74, 6) is 3.28. The first-order valence-electron chi connectivity index (χ1n) is 4.16. The zero-order chi connectivity index (χ0) is 6.01. The van der Waals surface area contributed by atoms with Crippen molar-refractivity contribution in [2.75, 3.05) is 0 Å². The molecule has 0 radical (unpaired) electrons. The van der Waals surface area contributed by atoms with E-state index < -0.39 is 0 Å². The molecule has 3 aliphatic carbocycles. The molecule has 0 heterocycles. The molecular formula is C9H12. The molecule has 0 spiro atoms. The Kier molecular flexibility index (Phi) is 0.564. The van der Waals surface area contributed by atoms with E-state index in [0.29, 0.717) is 0 Å². The van der Waals surface area contributed by atoms with Gasteiger partial charge < -0.3 is 0 Å². The second kappa shape index (κ2) is 1.12. The van der Waals surface area contributed by atoms with E-state index in [0.717, 1.165) is 17.8 Å². The molecule has 3 aliphatic rings. The topological polar surface area (TPSA) is 0 Å². The van der Waals surface area contributed by atoms with Crippen LogP contribution in [-0.4, -0.2) is 0 Å². The smallest absolute Gasteiger partial charge is 0.00496 e. The lowest BCUT2D eigenvalue weighted by atomic mass is 9.67. The number of hydrogen-bond donors (Lipinski definition) is 0. The van der Waals surface area contributed by atoms with Crippen LogP contribution in [0.1, 0.15) is 26.2 Å². The number of hydrogen-bond acceptors (Lipinski definition) is 0. The van der Waals surface area contributed by atoms with E-state index in [-0.39, 0.29) is 0 Å². The van der Waals surface area contributed by atoms with Crippen molar-refractivity contribution in [1.82, 2.24) is 0 Å². The molecule has 1 fully saturated rings. The van der Waals surface area contributed by atoms with Crippen molar-refractivity contribution in [3.05, 3.63) is 11.1 Å². The summed E-state index contributed by atoms with van der Waals surface area (Å²) in [5.41, 5.74) is 3.79. The molecule has 9 heavy (non-hydrogen) atoms. The van der Waals surface area contributed by atoms with Gasteiger partial charge in [-0.3, -0.25) is 0 Å². The van der Waals surface area contributed by atoms with E-state index >= 15 is 0 Å². The molecule has 0 heteroatoms. The van der Waals surface area contributed by atoms with Crippen LogP contribution in [0.25, 0.3) is 0 Å². The normalized spacial score (nSPS) is 51.0. The Bertz CT molecular complexity index is 194. The van der Waals surface area contributed by atoms with Crippen molar-refractivity contribution in [1.29, 1.82) is 0 Å². The molecule has 0 aliphatic heterocycles. The van der Waals surface area contributed by atoms with Gasteiger partial charge in [0, 0.05) is 5.92 Å². The fourth-order valence-corrected chi connectivity index (χ4v) is 3.11. The SMILES string of the molecule is CCC1C2CCC3=C2C31. The van der Waals surface area contributed by atoms with E-state index in [1.54, 1.807) is 0 Å². The molecule has 0 aromatic heterocycles. The van der Waals surface area contributed by atoms with E-state index in [4.69, 9.17) is 0 Å². The van der Waals surface area contributed by atoms with Gasteiger partial charge in [0.05, 0.1) is 0 Å². The molecule has 0 saturated heterocycles. The Hall–Kier alpha value is -0.260. The Morgan fingerprint density at radius 2 is 2.44 bits per heavy atom. The second-order valence-corrected chi connectivity index (χ2v) is 3.68. The molecule has 3 rings (SSSR count). The maximum atomic E-state index is 2.34. The number of fused-ring (bicyclic) bond motifs is 1. The average molecular weight is 120 g/mol. The van der Waals surface area contributed by atoms with Gasteiger partial charge in [0.1, 0.15) is 0 Å². The molecular weight excluding hydrogens is 108 g/mol. The minimum Gasteiger partial charge on any atom is -0.0651 e. The zero-order valence-electron chi connectivity index (χ0n) is 5.85. The Morgan fingerprint density at radius 3 is 2.78 bits per heavy atom. The first-order chi connectivity index (χ1) is 4.43. The van der Waals surface area contributed by atoms with Crippen LogP contribution in [-0.2, 0) is 0 Å². The maximum absolute atomic E-state index is 2.34. The lowest BCUT2D eigenvalue weighted by molar-refractivity contribution is 0.221. The van der Waals surface area contributed by atoms with Crippen LogP contribution in [0.2, 0.25) is 0 Å². The molecule has 48 valence electrons. The molecule has 0 nitrogen and oxygen atoms in total. The van der Waals surface area contributed by atoms with E-state index in [1.165, 1.54) is 19.3 Å². The summed E-state index contributed by atoms with van der Waals surface area (Å²) in [4.78, 5) is 0. The highest BCUT2D eigenvalue weighted by atomic mass is 14.6. The van der Waals surface area contributed by atoms with Crippen LogP contribution in [0.15, 0.2) is 11.1 Å². The minimum absolute atomic E-state index is 1.08. The molecule has 0 amide bonds. The Labute approximate surface area is 56.0 Å². The Balaban J connectivity index is 1.91. The molecule has 3 atom stereocenters. The zero-order valence-corrected chi connectivity index (χ0v) is 5.85. The van der Waals surface area contributed by atoms with Crippen molar-refractivity contribution in [2.24, 2.45) is 17.8 Å². The van der Waals surface area contributed by atoms with Gasteiger partial charge in [0.2, 0.25) is 0 Å². The first kappa shape index (κ1) is 4.54. The van der Waals surface area contributed by atoms with Crippen molar-refractivity contribution >= 4 is 0 Å². The molecule has 3 unspecified atom stereocenters. The average Bonchev–Trinajstić information content (AvgIpc) is 2.31. The van der Waals surface area contributed by atoms with Gasteiger partial charge in [0.25, 0.3) is 0 Å². The summed E-state index contributed by atoms with van der Waals surface area (Å²) in [5, 5.41) is 0. The lowest BCUT2D eigenvalue weighted by Gasteiger charge is -2.37. The van der Waals surface area contributed by atoms with E-state index in [9.17, 15) is 0 Å². The van der Waals surface area contributed by atoms with Gasteiger partial charge in [-0.1, -0.05) is 24.5 Å². The lowest BCUT2D eigenvalue weighted by Crippen LogP contribution is -2.29. The van der Waals surface area contributed by atoms with Crippen LogP contribution in [0.5, 0.6) is 0 Å². The standard InChI is InChI=1S/C9H12/c1-2-5-6-3-4-7-8(5)9(6)7/h5-6,8H,2-4H2,1H3. The summed E-state index contributed by atoms with van der Waals surface area (Å²) >= 11 is 0. The van der Waals surface area contributed by atoms with Crippen LogP contribution in [0.3, 0.4) is 0 Å². The number of allylic oxidation sites excluding steroid dienone is 2. The fourth-order valence-electron chi connectivity index (χ4n) is 3.11. The van der Waals surface area contributed by atoms with Crippen LogP contribution in [0.4, 0.5) is 0 Å². The van der Waals surface area contributed by atoms with Gasteiger partial charge in [-0.2, -0.15) is 0 Å². The molecule has 0 N–H and O–H groups in total. The highest BCUT2D eigenvalue weighted by Gasteiger charge is 2.61. The van der Waals surface area contributed by atoms with Crippen LogP contribution < -0.4 is 0 Å². The molecule has 0 aromatic rings. The third-order valence-electron chi connectivity index (χ3n) is 3.54. The predicted molar refractivity (Wildman–Crippen MR) is 37.0 cm³/mol. The highest BCUT2D eigenvalue weighted by Crippen LogP contribution is 2.71. The summed E-state index contributed by atoms with van der Waals surface area (Å²) in [6.07, 6.45) is 4.42. The highest BCUT2D eigenvalue weighted by molar-refractivity contribution is 5.55. The second-order valence-electron chi connectivity index (χ2n) is 3.68. The van der Waals surface area contributed by atoms with E-state index in [2.05, 4.69) is 6.92 Å². The van der Waals surface area contributed by atoms with Crippen molar-refractivity contribution < 1.29 is 0 Å². The molecule has 1 saturated carbocycles. The summed E-state index contributed by atoms with van der Waals surface area (Å²) < 4.78 is 0. The van der Waals surface area contributed by atoms with Crippen LogP contribution in [0, 0.1) is 17.8 Å². The molecule has 0 bridgehead atoms. The monoisotopic (exact) mass is 120 g/mol. The Morgan fingerprint density at radius 1 is 1.56 bits per heavy atom. The van der Waals surface area contributed by atoms with Gasteiger partial charge >= 0.3 is 0 Å². The fraction of sp³-hybridized carbons (Fsp3) is 0.778. The van der Waals surface area contributed by atoms with E-state index in [1.807, 2.05) is 11.1 Å².